The maximum absolute atomic E-state index is 5.77. The summed E-state index contributed by atoms with van der Waals surface area (Å²) >= 11 is 0. The van der Waals surface area contributed by atoms with Crippen molar-refractivity contribution in [2.45, 2.75) is 19.4 Å². The SMILES string of the molecule is Nc1ccccc1COCC1CC1. The molecule has 0 bridgehead atoms. The van der Waals surface area contributed by atoms with Crippen LogP contribution in [0.25, 0.3) is 0 Å². The van der Waals surface area contributed by atoms with Crippen molar-refractivity contribution in [3.63, 3.8) is 0 Å². The van der Waals surface area contributed by atoms with Crippen LogP contribution in [0.1, 0.15) is 18.4 Å². The first-order chi connectivity index (χ1) is 6.36. The highest BCUT2D eigenvalue weighted by Crippen LogP contribution is 2.29. The highest BCUT2D eigenvalue weighted by molar-refractivity contribution is 5.45. The first-order valence-corrected chi connectivity index (χ1v) is 4.77. The summed E-state index contributed by atoms with van der Waals surface area (Å²) in [5.74, 6) is 0.824. The summed E-state index contributed by atoms with van der Waals surface area (Å²) in [5, 5.41) is 0. The Morgan fingerprint density at radius 1 is 1.31 bits per heavy atom. The predicted octanol–water partition coefficient (Wildman–Crippen LogP) is 2.20. The molecule has 70 valence electrons. The lowest BCUT2D eigenvalue weighted by atomic mass is 10.2. The van der Waals surface area contributed by atoms with Gasteiger partial charge < -0.3 is 10.5 Å². The van der Waals surface area contributed by atoms with E-state index in [1.807, 2.05) is 24.3 Å². The number of hydrogen-bond donors (Lipinski definition) is 1. The monoisotopic (exact) mass is 177 g/mol. The molecule has 1 aromatic carbocycles. The van der Waals surface area contributed by atoms with Crippen LogP contribution >= 0.6 is 0 Å². The van der Waals surface area contributed by atoms with Crippen LogP contribution in [0.2, 0.25) is 0 Å². The van der Waals surface area contributed by atoms with E-state index in [9.17, 15) is 0 Å². The normalized spacial score (nSPS) is 16.0. The second-order valence-corrected chi connectivity index (χ2v) is 3.66. The van der Waals surface area contributed by atoms with Crippen molar-refractivity contribution in [2.24, 2.45) is 5.92 Å². The maximum Gasteiger partial charge on any atom is 0.0736 e. The van der Waals surface area contributed by atoms with Crippen LogP contribution in [0.5, 0.6) is 0 Å². The van der Waals surface area contributed by atoms with Gasteiger partial charge in [-0.1, -0.05) is 18.2 Å². The molecule has 1 aromatic rings. The molecule has 2 heteroatoms. The van der Waals surface area contributed by atoms with Gasteiger partial charge in [-0.05, 0) is 24.8 Å². The number of hydrogen-bond acceptors (Lipinski definition) is 2. The summed E-state index contributed by atoms with van der Waals surface area (Å²) in [6.45, 7) is 1.55. The molecule has 0 aromatic heterocycles. The van der Waals surface area contributed by atoms with Gasteiger partial charge in [-0.2, -0.15) is 0 Å². The van der Waals surface area contributed by atoms with E-state index in [1.54, 1.807) is 0 Å². The zero-order valence-electron chi connectivity index (χ0n) is 7.70. The Balaban J connectivity index is 1.82. The lowest BCUT2D eigenvalue weighted by molar-refractivity contribution is 0.111. The summed E-state index contributed by atoms with van der Waals surface area (Å²) < 4.78 is 5.54. The van der Waals surface area contributed by atoms with E-state index in [-0.39, 0.29) is 0 Å². The topological polar surface area (TPSA) is 35.2 Å². The van der Waals surface area contributed by atoms with Crippen LogP contribution < -0.4 is 5.73 Å². The van der Waals surface area contributed by atoms with Crippen molar-refractivity contribution in [3.05, 3.63) is 29.8 Å². The van der Waals surface area contributed by atoms with E-state index < -0.39 is 0 Å². The maximum atomic E-state index is 5.77. The van der Waals surface area contributed by atoms with Gasteiger partial charge in [0.1, 0.15) is 0 Å². The molecule has 1 saturated carbocycles. The molecule has 0 heterocycles. The average molecular weight is 177 g/mol. The van der Waals surface area contributed by atoms with Gasteiger partial charge in [-0.3, -0.25) is 0 Å². The van der Waals surface area contributed by atoms with Crippen LogP contribution in [-0.4, -0.2) is 6.61 Å². The van der Waals surface area contributed by atoms with Gasteiger partial charge in [0.15, 0.2) is 0 Å². The highest BCUT2D eigenvalue weighted by atomic mass is 16.5. The van der Waals surface area contributed by atoms with E-state index in [2.05, 4.69) is 0 Å². The molecule has 0 spiro atoms. The number of rotatable bonds is 4. The molecule has 0 aliphatic heterocycles. The summed E-state index contributed by atoms with van der Waals surface area (Å²) in [5.41, 5.74) is 7.70. The molecule has 1 fully saturated rings. The molecular weight excluding hydrogens is 162 g/mol. The fourth-order valence-corrected chi connectivity index (χ4v) is 1.29. The van der Waals surface area contributed by atoms with E-state index in [1.165, 1.54) is 12.8 Å². The van der Waals surface area contributed by atoms with Crippen molar-refractivity contribution in [2.75, 3.05) is 12.3 Å². The number of ether oxygens (including phenoxy) is 1. The molecule has 2 rings (SSSR count). The molecule has 0 atom stereocenters. The van der Waals surface area contributed by atoms with E-state index in [0.717, 1.165) is 23.8 Å². The number of nitrogens with two attached hydrogens (primary N) is 1. The van der Waals surface area contributed by atoms with Gasteiger partial charge in [0, 0.05) is 17.9 Å². The zero-order valence-corrected chi connectivity index (χ0v) is 7.70. The molecule has 2 N–H and O–H groups in total. The minimum atomic E-state index is 0.656. The first-order valence-electron chi connectivity index (χ1n) is 4.77. The number of anilines is 1. The highest BCUT2D eigenvalue weighted by Gasteiger charge is 2.21. The number of para-hydroxylation sites is 1. The van der Waals surface area contributed by atoms with Crippen molar-refractivity contribution in [3.8, 4) is 0 Å². The van der Waals surface area contributed by atoms with Gasteiger partial charge in [0.05, 0.1) is 6.61 Å². The van der Waals surface area contributed by atoms with E-state index >= 15 is 0 Å². The molecular formula is C11H15NO. The summed E-state index contributed by atoms with van der Waals surface area (Å²) in [6, 6.07) is 7.87. The molecule has 13 heavy (non-hydrogen) atoms. The van der Waals surface area contributed by atoms with Crippen molar-refractivity contribution in [1.82, 2.24) is 0 Å². The third kappa shape index (κ3) is 2.46. The van der Waals surface area contributed by atoms with E-state index in [0.29, 0.717) is 6.61 Å². The van der Waals surface area contributed by atoms with Crippen molar-refractivity contribution >= 4 is 5.69 Å². The predicted molar refractivity (Wildman–Crippen MR) is 53.2 cm³/mol. The van der Waals surface area contributed by atoms with Gasteiger partial charge in [0.25, 0.3) is 0 Å². The third-order valence-electron chi connectivity index (χ3n) is 2.36. The fraction of sp³-hybridized carbons (Fsp3) is 0.455. The smallest absolute Gasteiger partial charge is 0.0736 e. The molecule has 2 nitrogen and oxygen atoms in total. The van der Waals surface area contributed by atoms with Crippen LogP contribution in [0.3, 0.4) is 0 Å². The summed E-state index contributed by atoms with van der Waals surface area (Å²) in [4.78, 5) is 0. The first kappa shape index (κ1) is 8.57. The quantitative estimate of drug-likeness (QED) is 0.715. The van der Waals surface area contributed by atoms with Crippen LogP contribution in [0.4, 0.5) is 5.69 Å². The average Bonchev–Trinajstić information content (AvgIpc) is 2.92. The zero-order chi connectivity index (χ0) is 9.10. The van der Waals surface area contributed by atoms with Crippen LogP contribution in [0, 0.1) is 5.92 Å². The molecule has 1 aliphatic carbocycles. The lowest BCUT2D eigenvalue weighted by Crippen LogP contribution is -2.00. The molecule has 0 unspecified atom stereocenters. The Kier molecular flexibility index (Phi) is 2.50. The third-order valence-corrected chi connectivity index (χ3v) is 2.36. The van der Waals surface area contributed by atoms with Gasteiger partial charge in [0.2, 0.25) is 0 Å². The lowest BCUT2D eigenvalue weighted by Gasteiger charge is -2.05. The second kappa shape index (κ2) is 3.79. The Morgan fingerprint density at radius 2 is 2.08 bits per heavy atom. The number of nitrogen functional groups attached to an aromatic ring is 1. The minimum Gasteiger partial charge on any atom is -0.398 e. The molecule has 0 amide bonds. The largest absolute Gasteiger partial charge is 0.398 e. The standard InChI is InChI=1S/C11H15NO/c12-11-4-2-1-3-10(11)8-13-7-9-5-6-9/h1-4,9H,5-8,12H2. The second-order valence-electron chi connectivity index (χ2n) is 3.66. The Bertz CT molecular complexity index is 281. The van der Waals surface area contributed by atoms with Gasteiger partial charge >= 0.3 is 0 Å². The van der Waals surface area contributed by atoms with Gasteiger partial charge in [-0.25, -0.2) is 0 Å². The molecule has 0 radical (unpaired) electrons. The summed E-state index contributed by atoms with van der Waals surface area (Å²) in [7, 11) is 0. The minimum absolute atomic E-state index is 0.656. The van der Waals surface area contributed by atoms with Crippen molar-refractivity contribution in [1.29, 1.82) is 0 Å². The van der Waals surface area contributed by atoms with Crippen LogP contribution in [-0.2, 0) is 11.3 Å². The van der Waals surface area contributed by atoms with Gasteiger partial charge in [-0.15, -0.1) is 0 Å². The van der Waals surface area contributed by atoms with E-state index in [4.69, 9.17) is 10.5 Å². The van der Waals surface area contributed by atoms with Crippen molar-refractivity contribution < 1.29 is 4.74 Å². The molecule has 0 saturated heterocycles. The Labute approximate surface area is 78.7 Å². The summed E-state index contributed by atoms with van der Waals surface area (Å²) in [6.07, 6.45) is 2.68. The Hall–Kier alpha value is -1.02. The fourth-order valence-electron chi connectivity index (χ4n) is 1.29. The number of benzene rings is 1. The van der Waals surface area contributed by atoms with Crippen LogP contribution in [0.15, 0.2) is 24.3 Å². The molecule has 1 aliphatic rings. The Morgan fingerprint density at radius 3 is 2.77 bits per heavy atom.